The number of morpholine rings is 1. The molecule has 138 valence electrons. The number of rotatable bonds is 6. The lowest BCUT2D eigenvalue weighted by Gasteiger charge is -2.38. The molecule has 0 saturated carbocycles. The number of aromatic nitrogens is 2. The smallest absolute Gasteiger partial charge is 0.251 e. The lowest BCUT2D eigenvalue weighted by atomic mass is 9.97. The molecule has 2 amide bonds. The van der Waals surface area contributed by atoms with Crippen LogP contribution in [-0.2, 0) is 20.9 Å². The number of carbonyl (C=O) groups is 2. The minimum absolute atomic E-state index is 0.103. The summed E-state index contributed by atoms with van der Waals surface area (Å²) in [5, 5.41) is 3.50. The second-order valence-corrected chi connectivity index (χ2v) is 6.61. The van der Waals surface area contributed by atoms with Gasteiger partial charge in [0.2, 0.25) is 5.91 Å². The number of carbonyl (C=O) groups excluding carboxylic acids is 2. The third kappa shape index (κ3) is 4.23. The van der Waals surface area contributed by atoms with Crippen LogP contribution in [0.3, 0.4) is 0 Å². The molecule has 2 heterocycles. The van der Waals surface area contributed by atoms with Crippen LogP contribution in [0.25, 0.3) is 0 Å². The van der Waals surface area contributed by atoms with E-state index < -0.39 is 12.1 Å². The van der Waals surface area contributed by atoms with Crippen LogP contribution in [0.1, 0.15) is 18.0 Å². The van der Waals surface area contributed by atoms with Crippen molar-refractivity contribution in [1.82, 2.24) is 19.8 Å². The van der Waals surface area contributed by atoms with Gasteiger partial charge in [0.1, 0.15) is 6.61 Å². The number of nitrogens with one attached hydrogen (secondary N) is 1. The molecule has 2 aromatic rings. The van der Waals surface area contributed by atoms with Crippen LogP contribution in [-0.4, -0.2) is 52.6 Å². The van der Waals surface area contributed by atoms with E-state index in [1.54, 1.807) is 36.6 Å². The van der Waals surface area contributed by atoms with Crippen molar-refractivity contribution >= 4 is 23.4 Å². The van der Waals surface area contributed by atoms with Crippen molar-refractivity contribution in [2.45, 2.75) is 25.1 Å². The van der Waals surface area contributed by atoms with E-state index in [4.69, 9.17) is 16.3 Å². The number of benzene rings is 1. The van der Waals surface area contributed by atoms with Gasteiger partial charge in [-0.1, -0.05) is 23.7 Å². The fourth-order valence-electron chi connectivity index (χ4n) is 2.98. The fraction of sp³-hybridized carbons (Fsp3) is 0.389. The average Bonchev–Trinajstić information content (AvgIpc) is 3.15. The maximum atomic E-state index is 12.6. The molecule has 1 aromatic heterocycles. The maximum absolute atomic E-state index is 12.6. The maximum Gasteiger partial charge on any atom is 0.251 e. The summed E-state index contributed by atoms with van der Waals surface area (Å²) in [6, 6.07) is 6.62. The molecule has 0 bridgehead atoms. The Morgan fingerprint density at radius 2 is 2.15 bits per heavy atom. The summed E-state index contributed by atoms with van der Waals surface area (Å²) in [5.41, 5.74) is 0.809. The van der Waals surface area contributed by atoms with Gasteiger partial charge in [0, 0.05) is 37.6 Å². The predicted octanol–water partition coefficient (Wildman–Crippen LogP) is 1.64. The first-order valence-electron chi connectivity index (χ1n) is 8.42. The molecular weight excluding hydrogens is 356 g/mol. The summed E-state index contributed by atoms with van der Waals surface area (Å²) >= 11 is 5.94. The largest absolute Gasteiger partial charge is 0.356 e. The van der Waals surface area contributed by atoms with Crippen molar-refractivity contribution in [1.29, 1.82) is 0 Å². The van der Waals surface area contributed by atoms with Gasteiger partial charge in [0.15, 0.2) is 6.10 Å². The third-order valence-electron chi connectivity index (χ3n) is 4.41. The summed E-state index contributed by atoms with van der Waals surface area (Å²) in [6.45, 7) is 1.18. The molecule has 2 atom stereocenters. The number of nitrogens with zero attached hydrogens (tertiary/aromatic N) is 3. The monoisotopic (exact) mass is 376 g/mol. The van der Waals surface area contributed by atoms with Crippen LogP contribution in [0.2, 0.25) is 5.02 Å². The van der Waals surface area contributed by atoms with E-state index >= 15 is 0 Å². The van der Waals surface area contributed by atoms with E-state index in [9.17, 15) is 9.59 Å². The first-order valence-corrected chi connectivity index (χ1v) is 8.80. The van der Waals surface area contributed by atoms with Crippen molar-refractivity contribution in [3.05, 3.63) is 53.6 Å². The molecule has 0 spiro atoms. The highest BCUT2D eigenvalue weighted by molar-refractivity contribution is 6.30. The van der Waals surface area contributed by atoms with Gasteiger partial charge < -0.3 is 19.5 Å². The van der Waals surface area contributed by atoms with Gasteiger partial charge in [-0.15, -0.1) is 0 Å². The molecule has 26 heavy (non-hydrogen) atoms. The molecule has 0 radical (unpaired) electrons. The normalized spacial score (nSPS) is 20.2. The Morgan fingerprint density at radius 3 is 2.85 bits per heavy atom. The van der Waals surface area contributed by atoms with Crippen molar-refractivity contribution in [3.63, 3.8) is 0 Å². The Hall–Kier alpha value is -2.38. The minimum atomic E-state index is -0.757. The van der Waals surface area contributed by atoms with Crippen LogP contribution in [0.15, 0.2) is 43.0 Å². The highest BCUT2D eigenvalue weighted by Gasteiger charge is 2.39. The number of amides is 2. The van der Waals surface area contributed by atoms with Crippen molar-refractivity contribution in [3.8, 4) is 0 Å². The van der Waals surface area contributed by atoms with Gasteiger partial charge in [-0.2, -0.15) is 0 Å². The molecule has 7 nitrogen and oxygen atoms in total. The zero-order valence-electron chi connectivity index (χ0n) is 14.5. The van der Waals surface area contributed by atoms with Gasteiger partial charge in [-0.05, 0) is 24.1 Å². The second kappa shape index (κ2) is 8.33. The molecule has 1 fully saturated rings. The van der Waals surface area contributed by atoms with Gasteiger partial charge in [-0.25, -0.2) is 4.98 Å². The standard InChI is InChI=1S/C18H21ClN4O3/c1-22-15(24)11-26-17(16(22)13-3-5-14(19)6-4-13)18(25)21-7-2-9-23-10-8-20-12-23/h3-6,8,10,12,16-17H,2,7,9,11H2,1H3,(H,21,25)/t16-,17-/m1/s1. The van der Waals surface area contributed by atoms with Gasteiger partial charge in [0.25, 0.3) is 5.91 Å². The summed E-state index contributed by atoms with van der Waals surface area (Å²) in [6.07, 6.45) is 5.35. The minimum Gasteiger partial charge on any atom is -0.356 e. The number of hydrogen-bond donors (Lipinski definition) is 1. The molecule has 0 aliphatic carbocycles. The van der Waals surface area contributed by atoms with E-state index in [1.807, 2.05) is 22.9 Å². The van der Waals surface area contributed by atoms with E-state index in [2.05, 4.69) is 10.3 Å². The third-order valence-corrected chi connectivity index (χ3v) is 4.66. The van der Waals surface area contributed by atoms with Crippen LogP contribution >= 0.6 is 11.6 Å². The molecule has 0 unspecified atom stereocenters. The first-order chi connectivity index (χ1) is 12.6. The van der Waals surface area contributed by atoms with Crippen molar-refractivity contribution in [2.75, 3.05) is 20.2 Å². The molecule has 1 N–H and O–H groups in total. The van der Waals surface area contributed by atoms with Gasteiger partial charge >= 0.3 is 0 Å². The quantitative estimate of drug-likeness (QED) is 0.777. The highest BCUT2D eigenvalue weighted by atomic mass is 35.5. The molecule has 8 heteroatoms. The van der Waals surface area contributed by atoms with Crippen LogP contribution in [0.5, 0.6) is 0 Å². The summed E-state index contributed by atoms with van der Waals surface area (Å²) in [4.78, 5) is 30.2. The van der Waals surface area contributed by atoms with Crippen molar-refractivity contribution < 1.29 is 14.3 Å². The number of likely N-dealkylation sites (N-methyl/N-ethyl adjacent to an activating group) is 1. The molecule has 1 aliphatic rings. The summed E-state index contributed by atoms with van der Waals surface area (Å²) in [5.74, 6) is -0.385. The van der Waals surface area contributed by atoms with Crippen molar-refractivity contribution in [2.24, 2.45) is 0 Å². The number of imidazole rings is 1. The summed E-state index contributed by atoms with van der Waals surface area (Å²) in [7, 11) is 1.68. The SMILES string of the molecule is CN1C(=O)CO[C@@H](C(=O)NCCCn2ccnc2)[C@H]1c1ccc(Cl)cc1. The van der Waals surface area contributed by atoms with Crippen LogP contribution < -0.4 is 5.32 Å². The average molecular weight is 377 g/mol. The van der Waals surface area contributed by atoms with Gasteiger partial charge in [0.05, 0.1) is 12.4 Å². The Labute approximate surface area is 156 Å². The lowest BCUT2D eigenvalue weighted by Crippen LogP contribution is -2.53. The van der Waals surface area contributed by atoms with E-state index in [1.165, 1.54) is 0 Å². The van der Waals surface area contributed by atoms with E-state index in [-0.39, 0.29) is 18.4 Å². The molecule has 1 aromatic carbocycles. The Balaban J connectivity index is 1.63. The number of hydrogen-bond acceptors (Lipinski definition) is 4. The first kappa shape index (κ1) is 18.4. The van der Waals surface area contributed by atoms with Crippen LogP contribution in [0, 0.1) is 0 Å². The second-order valence-electron chi connectivity index (χ2n) is 6.18. The molecule has 1 saturated heterocycles. The van der Waals surface area contributed by atoms with Crippen LogP contribution in [0.4, 0.5) is 0 Å². The Bertz CT molecular complexity index is 748. The van der Waals surface area contributed by atoms with E-state index in [0.717, 1.165) is 18.5 Å². The summed E-state index contributed by atoms with van der Waals surface area (Å²) < 4.78 is 7.52. The Morgan fingerprint density at radius 1 is 1.38 bits per heavy atom. The number of halogens is 1. The molecular formula is C18H21ClN4O3. The number of aryl methyl sites for hydroxylation is 1. The topological polar surface area (TPSA) is 76.5 Å². The zero-order chi connectivity index (χ0) is 18.5. The predicted molar refractivity (Wildman–Crippen MR) is 96.6 cm³/mol. The van der Waals surface area contributed by atoms with E-state index in [0.29, 0.717) is 11.6 Å². The lowest BCUT2D eigenvalue weighted by molar-refractivity contribution is -0.162. The van der Waals surface area contributed by atoms with Gasteiger partial charge in [-0.3, -0.25) is 9.59 Å². The molecule has 1 aliphatic heterocycles. The fourth-order valence-corrected chi connectivity index (χ4v) is 3.11. The number of ether oxygens (including phenoxy) is 1. The zero-order valence-corrected chi connectivity index (χ0v) is 15.2. The Kier molecular flexibility index (Phi) is 5.90. The highest BCUT2D eigenvalue weighted by Crippen LogP contribution is 2.30. The molecule has 3 rings (SSSR count).